The molecule has 5 rings (SSSR count). The summed E-state index contributed by atoms with van der Waals surface area (Å²) >= 11 is 4.92. The second-order valence-electron chi connectivity index (χ2n) is 10.0. The molecule has 218 valence electrons. The first-order valence-corrected chi connectivity index (χ1v) is 15.5. The molecule has 9 nitrogen and oxygen atoms in total. The van der Waals surface area contributed by atoms with Gasteiger partial charge in [0.2, 0.25) is 5.88 Å². The highest BCUT2D eigenvalue weighted by Gasteiger charge is 2.36. The van der Waals surface area contributed by atoms with Crippen LogP contribution in [-0.4, -0.2) is 55.8 Å². The Labute approximate surface area is 251 Å². The number of halogens is 1. The number of carbonyl (C=O) groups is 1. The third-order valence-corrected chi connectivity index (χ3v) is 9.19. The van der Waals surface area contributed by atoms with E-state index in [2.05, 4.69) is 20.8 Å². The fraction of sp³-hybridized carbons (Fsp3) is 0.433. The molecular weight excluding hydrogens is 608 g/mol. The molecule has 0 bridgehead atoms. The minimum absolute atomic E-state index is 0.165. The third-order valence-electron chi connectivity index (χ3n) is 7.64. The van der Waals surface area contributed by atoms with Gasteiger partial charge in [0.25, 0.3) is 11.5 Å². The summed E-state index contributed by atoms with van der Waals surface area (Å²) in [5.74, 6) is 2.34. The summed E-state index contributed by atoms with van der Waals surface area (Å²) in [5, 5.41) is 0. The number of hydrogen-bond acceptors (Lipinski definition) is 8. The standard InChI is InChI=1S/C30H35BrN4O5S/c1-6-33(7-2)28(37)25-18(3)32-30-35(26(25)21-15-19(38-4)11-12-23(21)39-5)27(36)24(41-30)17-20-16-22(31)29(40-20)34-13-9-8-10-14-34/h11-12,15-17,26H,6-10,13-14H2,1-5H3/b24-17+/t26-/m0/s1. The van der Waals surface area contributed by atoms with Crippen LogP contribution in [0.1, 0.15) is 57.4 Å². The van der Waals surface area contributed by atoms with Gasteiger partial charge in [0.1, 0.15) is 23.3 Å². The van der Waals surface area contributed by atoms with E-state index in [9.17, 15) is 9.59 Å². The summed E-state index contributed by atoms with van der Waals surface area (Å²) in [6.45, 7) is 8.65. The monoisotopic (exact) mass is 642 g/mol. The van der Waals surface area contributed by atoms with Crippen molar-refractivity contribution >= 4 is 45.1 Å². The van der Waals surface area contributed by atoms with Crippen molar-refractivity contribution in [3.05, 3.63) is 71.0 Å². The van der Waals surface area contributed by atoms with Crippen LogP contribution in [0.2, 0.25) is 0 Å². The number of hydrogen-bond donors (Lipinski definition) is 0. The number of fused-ring (bicyclic) bond motifs is 1. The molecule has 1 amide bonds. The van der Waals surface area contributed by atoms with Crippen molar-refractivity contribution in [3.8, 4) is 11.5 Å². The molecule has 0 radical (unpaired) electrons. The zero-order valence-electron chi connectivity index (χ0n) is 24.0. The number of nitrogens with zero attached hydrogens (tertiary/aromatic N) is 4. The second-order valence-corrected chi connectivity index (χ2v) is 11.9. The van der Waals surface area contributed by atoms with Crippen LogP contribution < -0.4 is 29.3 Å². The summed E-state index contributed by atoms with van der Waals surface area (Å²) in [5.41, 5.74) is 1.40. The number of thiazole rings is 1. The average Bonchev–Trinajstić information content (AvgIpc) is 3.50. The number of likely N-dealkylation sites (N-methyl/N-ethyl adjacent to an activating group) is 1. The zero-order valence-corrected chi connectivity index (χ0v) is 26.4. The van der Waals surface area contributed by atoms with Crippen molar-refractivity contribution in [2.45, 2.75) is 46.1 Å². The summed E-state index contributed by atoms with van der Waals surface area (Å²) < 4.78 is 20.4. The highest BCUT2D eigenvalue weighted by Crippen LogP contribution is 2.38. The third kappa shape index (κ3) is 5.49. The van der Waals surface area contributed by atoms with E-state index in [-0.39, 0.29) is 11.5 Å². The van der Waals surface area contributed by atoms with Crippen LogP contribution in [0.15, 0.2) is 54.2 Å². The van der Waals surface area contributed by atoms with Gasteiger partial charge in [0.05, 0.1) is 34.5 Å². The van der Waals surface area contributed by atoms with Crippen LogP contribution in [0.25, 0.3) is 6.08 Å². The average molecular weight is 644 g/mol. The maximum atomic E-state index is 14.1. The molecule has 0 aliphatic carbocycles. The van der Waals surface area contributed by atoms with Crippen molar-refractivity contribution in [3.63, 3.8) is 0 Å². The summed E-state index contributed by atoms with van der Waals surface area (Å²) in [4.78, 5) is 37.3. The molecule has 1 fully saturated rings. The van der Waals surface area contributed by atoms with E-state index in [0.29, 0.717) is 56.5 Å². The van der Waals surface area contributed by atoms with E-state index in [0.717, 1.165) is 36.3 Å². The quantitative estimate of drug-likeness (QED) is 0.360. The Morgan fingerprint density at radius 3 is 2.56 bits per heavy atom. The Kier molecular flexibility index (Phi) is 8.74. The highest BCUT2D eigenvalue weighted by atomic mass is 79.9. The van der Waals surface area contributed by atoms with E-state index >= 15 is 0 Å². The number of piperidine rings is 1. The molecular formula is C30H35BrN4O5S. The first kappa shape index (κ1) is 29.2. The lowest BCUT2D eigenvalue weighted by Gasteiger charge is -2.30. The molecule has 2 aliphatic rings. The van der Waals surface area contributed by atoms with Crippen LogP contribution in [0.4, 0.5) is 5.88 Å². The topological polar surface area (TPSA) is 89.5 Å². The smallest absolute Gasteiger partial charge is 0.271 e. The van der Waals surface area contributed by atoms with Gasteiger partial charge in [-0.3, -0.25) is 14.2 Å². The van der Waals surface area contributed by atoms with Gasteiger partial charge in [-0.15, -0.1) is 0 Å². The van der Waals surface area contributed by atoms with E-state index < -0.39 is 6.04 Å². The van der Waals surface area contributed by atoms with Crippen LogP contribution in [0, 0.1) is 0 Å². The molecule has 41 heavy (non-hydrogen) atoms. The summed E-state index contributed by atoms with van der Waals surface area (Å²) in [6, 6.07) is 6.55. The number of rotatable bonds is 8. The minimum atomic E-state index is -0.751. The Morgan fingerprint density at radius 1 is 1.17 bits per heavy atom. The highest BCUT2D eigenvalue weighted by molar-refractivity contribution is 9.10. The van der Waals surface area contributed by atoms with Crippen molar-refractivity contribution in [2.75, 3.05) is 45.3 Å². The van der Waals surface area contributed by atoms with Crippen LogP contribution in [-0.2, 0) is 4.79 Å². The molecule has 0 saturated carbocycles. The summed E-state index contributed by atoms with van der Waals surface area (Å²) in [6.07, 6.45) is 5.23. The zero-order chi connectivity index (χ0) is 29.3. The Bertz CT molecular complexity index is 1660. The first-order chi connectivity index (χ1) is 19.8. The van der Waals surface area contributed by atoms with Gasteiger partial charge in [-0.25, -0.2) is 4.99 Å². The molecule has 1 saturated heterocycles. The van der Waals surface area contributed by atoms with Crippen LogP contribution in [0.3, 0.4) is 0 Å². The number of carbonyl (C=O) groups excluding carboxylic acids is 1. The lowest BCUT2D eigenvalue weighted by atomic mass is 9.93. The fourth-order valence-electron chi connectivity index (χ4n) is 5.51. The predicted molar refractivity (Wildman–Crippen MR) is 164 cm³/mol. The number of benzene rings is 1. The maximum absolute atomic E-state index is 14.1. The van der Waals surface area contributed by atoms with Gasteiger partial charge in [-0.1, -0.05) is 11.3 Å². The Hall–Kier alpha value is -3.31. The number of allylic oxidation sites excluding steroid dienone is 1. The lowest BCUT2D eigenvalue weighted by Crippen LogP contribution is -2.43. The van der Waals surface area contributed by atoms with E-state index in [1.807, 2.05) is 32.9 Å². The van der Waals surface area contributed by atoms with Gasteiger partial charge >= 0.3 is 0 Å². The summed E-state index contributed by atoms with van der Waals surface area (Å²) in [7, 11) is 3.16. The number of methoxy groups -OCH3 is 2. The van der Waals surface area contributed by atoms with Crippen molar-refractivity contribution < 1.29 is 18.7 Å². The van der Waals surface area contributed by atoms with Gasteiger partial charge in [0, 0.05) is 43.9 Å². The van der Waals surface area contributed by atoms with Gasteiger partial charge < -0.3 is 23.7 Å². The van der Waals surface area contributed by atoms with E-state index in [1.54, 1.807) is 41.9 Å². The predicted octanol–water partition coefficient (Wildman–Crippen LogP) is 4.47. The van der Waals surface area contributed by atoms with Gasteiger partial charge in [-0.05, 0) is 74.2 Å². The normalized spacial score (nSPS) is 17.4. The maximum Gasteiger partial charge on any atom is 0.271 e. The molecule has 2 aliphatic heterocycles. The number of ether oxygens (including phenoxy) is 2. The van der Waals surface area contributed by atoms with Crippen molar-refractivity contribution in [1.82, 2.24) is 9.47 Å². The Balaban J connectivity index is 1.69. The van der Waals surface area contributed by atoms with Gasteiger partial charge in [-0.2, -0.15) is 0 Å². The molecule has 2 aromatic heterocycles. The lowest BCUT2D eigenvalue weighted by molar-refractivity contribution is -0.127. The largest absolute Gasteiger partial charge is 0.497 e. The fourth-order valence-corrected chi connectivity index (χ4v) is 7.10. The molecule has 3 aromatic rings. The molecule has 1 aromatic carbocycles. The number of anilines is 1. The van der Waals surface area contributed by atoms with E-state index in [1.165, 1.54) is 17.8 Å². The Morgan fingerprint density at radius 2 is 1.90 bits per heavy atom. The first-order valence-electron chi connectivity index (χ1n) is 13.9. The minimum Gasteiger partial charge on any atom is -0.497 e. The van der Waals surface area contributed by atoms with Crippen molar-refractivity contribution in [2.24, 2.45) is 4.99 Å². The van der Waals surface area contributed by atoms with E-state index in [4.69, 9.17) is 18.9 Å². The SMILES string of the molecule is CCN(CC)C(=O)C1=C(C)N=c2s/c(=C/c3cc(Br)c(N4CCCCC4)o3)c(=O)n2[C@H]1c1cc(OC)ccc1OC. The van der Waals surface area contributed by atoms with Crippen LogP contribution >= 0.6 is 27.3 Å². The molecule has 0 unspecified atom stereocenters. The number of aromatic nitrogens is 1. The number of amides is 1. The van der Waals surface area contributed by atoms with Gasteiger partial charge in [0.15, 0.2) is 4.80 Å². The molecule has 4 heterocycles. The molecule has 0 N–H and O–H groups in total. The molecule has 0 spiro atoms. The number of furan rings is 1. The van der Waals surface area contributed by atoms with Crippen molar-refractivity contribution in [1.29, 1.82) is 0 Å². The second kappa shape index (κ2) is 12.3. The molecule has 1 atom stereocenters. The molecule has 11 heteroatoms. The van der Waals surface area contributed by atoms with Crippen LogP contribution in [0.5, 0.6) is 11.5 Å².